The number of piperidine rings is 1. The number of fused-ring (bicyclic) bond motifs is 1. The van der Waals surface area contributed by atoms with Crippen LogP contribution in [0.5, 0.6) is 5.75 Å². The van der Waals surface area contributed by atoms with Crippen LogP contribution < -0.4 is 15.4 Å². The number of anilines is 1. The van der Waals surface area contributed by atoms with Crippen molar-refractivity contribution in [3.8, 4) is 5.75 Å². The quantitative estimate of drug-likeness (QED) is 0.299. The molecule has 39 heavy (non-hydrogen) atoms. The second-order valence-corrected chi connectivity index (χ2v) is 9.83. The number of rotatable bonds is 7. The van der Waals surface area contributed by atoms with E-state index in [1.807, 2.05) is 97.6 Å². The van der Waals surface area contributed by atoms with Gasteiger partial charge in [0.05, 0.1) is 23.6 Å². The van der Waals surface area contributed by atoms with E-state index >= 15 is 0 Å². The zero-order valence-corrected chi connectivity index (χ0v) is 22.4. The van der Waals surface area contributed by atoms with Crippen molar-refractivity contribution in [3.05, 3.63) is 101 Å². The third-order valence-corrected chi connectivity index (χ3v) is 7.22. The summed E-state index contributed by atoms with van der Waals surface area (Å²) in [6, 6.07) is 25.3. The highest BCUT2D eigenvalue weighted by Gasteiger charge is 2.28. The topological polar surface area (TPSA) is 83.6 Å². The van der Waals surface area contributed by atoms with Gasteiger partial charge in [-0.15, -0.1) is 0 Å². The van der Waals surface area contributed by atoms with Crippen molar-refractivity contribution in [3.63, 3.8) is 0 Å². The number of ether oxygens (including phenoxy) is 1. The highest BCUT2D eigenvalue weighted by Crippen LogP contribution is 2.31. The van der Waals surface area contributed by atoms with E-state index in [1.54, 1.807) is 0 Å². The van der Waals surface area contributed by atoms with Gasteiger partial charge in [-0.25, -0.2) is 4.79 Å². The van der Waals surface area contributed by atoms with E-state index in [2.05, 4.69) is 10.6 Å². The van der Waals surface area contributed by atoms with Gasteiger partial charge in [-0.1, -0.05) is 54.6 Å². The van der Waals surface area contributed by atoms with E-state index in [0.717, 1.165) is 52.0 Å². The van der Waals surface area contributed by atoms with Crippen molar-refractivity contribution in [1.82, 2.24) is 15.2 Å². The predicted molar refractivity (Wildman–Crippen MR) is 154 cm³/mol. The Morgan fingerprint density at radius 2 is 1.69 bits per heavy atom. The zero-order valence-electron chi connectivity index (χ0n) is 22.4. The average Bonchev–Trinajstić information content (AvgIpc) is 2.97. The fourth-order valence-corrected chi connectivity index (χ4v) is 5.18. The van der Waals surface area contributed by atoms with Crippen LogP contribution in [0.1, 0.15) is 53.0 Å². The van der Waals surface area contributed by atoms with E-state index in [-0.39, 0.29) is 17.9 Å². The first-order chi connectivity index (χ1) is 19.0. The van der Waals surface area contributed by atoms with E-state index in [0.29, 0.717) is 31.8 Å². The fraction of sp³-hybridized carbons (Fsp3) is 0.281. The first kappa shape index (κ1) is 26.2. The van der Waals surface area contributed by atoms with Gasteiger partial charge in [0.25, 0.3) is 5.91 Å². The normalized spacial score (nSPS) is 13.7. The predicted octanol–water partition coefficient (Wildman–Crippen LogP) is 6.28. The molecule has 200 valence electrons. The summed E-state index contributed by atoms with van der Waals surface area (Å²) in [5.41, 5.74) is 4.01. The third kappa shape index (κ3) is 6.03. The average molecular weight is 523 g/mol. The smallest absolute Gasteiger partial charge is 0.321 e. The Morgan fingerprint density at radius 1 is 0.949 bits per heavy atom. The molecule has 3 aromatic carbocycles. The van der Waals surface area contributed by atoms with Crippen molar-refractivity contribution < 1.29 is 14.3 Å². The number of urea groups is 1. The van der Waals surface area contributed by atoms with Crippen LogP contribution in [0.2, 0.25) is 0 Å². The number of aryl methyl sites for hydroxylation is 1. The van der Waals surface area contributed by atoms with E-state index in [4.69, 9.17) is 9.72 Å². The van der Waals surface area contributed by atoms with Crippen molar-refractivity contribution in [2.45, 2.75) is 39.2 Å². The fourth-order valence-electron chi connectivity index (χ4n) is 5.18. The first-order valence-corrected chi connectivity index (χ1v) is 13.5. The number of likely N-dealkylation sites (tertiary alicyclic amines) is 1. The molecule has 7 heteroatoms. The van der Waals surface area contributed by atoms with Crippen LogP contribution >= 0.6 is 0 Å². The summed E-state index contributed by atoms with van der Waals surface area (Å²) in [6.45, 7) is 6.01. The lowest BCUT2D eigenvalue weighted by Gasteiger charge is -2.32. The van der Waals surface area contributed by atoms with Gasteiger partial charge in [-0.3, -0.25) is 9.78 Å². The maximum absolute atomic E-state index is 13.3. The monoisotopic (exact) mass is 522 g/mol. The van der Waals surface area contributed by atoms with Crippen LogP contribution in [0.4, 0.5) is 10.5 Å². The number of hydrogen-bond donors (Lipinski definition) is 2. The molecular weight excluding hydrogens is 488 g/mol. The van der Waals surface area contributed by atoms with Crippen LogP contribution in [-0.4, -0.2) is 41.5 Å². The molecule has 1 aromatic heterocycles. The van der Waals surface area contributed by atoms with Crippen LogP contribution in [0.3, 0.4) is 0 Å². The number of carbonyl (C=O) groups is 2. The number of hydrogen-bond acceptors (Lipinski definition) is 4. The molecule has 1 aliphatic heterocycles. The third-order valence-electron chi connectivity index (χ3n) is 7.22. The number of nitrogens with zero attached hydrogens (tertiary/aromatic N) is 2. The van der Waals surface area contributed by atoms with Crippen molar-refractivity contribution in [1.29, 1.82) is 0 Å². The lowest BCUT2D eigenvalue weighted by atomic mass is 9.90. The van der Waals surface area contributed by atoms with Crippen LogP contribution in [0.15, 0.2) is 78.9 Å². The second kappa shape index (κ2) is 12.0. The summed E-state index contributed by atoms with van der Waals surface area (Å²) in [5.74, 6) is 0.722. The second-order valence-electron chi connectivity index (χ2n) is 9.83. The van der Waals surface area contributed by atoms with Gasteiger partial charge in [0.2, 0.25) is 0 Å². The van der Waals surface area contributed by atoms with Crippen molar-refractivity contribution in [2.24, 2.45) is 0 Å². The van der Waals surface area contributed by atoms with Gasteiger partial charge in [-0.2, -0.15) is 0 Å². The number of pyridine rings is 1. The Labute approximate surface area is 229 Å². The lowest BCUT2D eigenvalue weighted by Crippen LogP contribution is -2.41. The van der Waals surface area contributed by atoms with Gasteiger partial charge < -0.3 is 20.3 Å². The van der Waals surface area contributed by atoms with Crippen LogP contribution in [-0.2, 0) is 6.54 Å². The van der Waals surface area contributed by atoms with E-state index < -0.39 is 0 Å². The van der Waals surface area contributed by atoms with Gasteiger partial charge in [0.1, 0.15) is 5.75 Å². The highest BCUT2D eigenvalue weighted by atomic mass is 16.5. The number of carbonyl (C=O) groups excluding carboxylic acids is 2. The summed E-state index contributed by atoms with van der Waals surface area (Å²) in [6.07, 6.45) is 1.49. The molecule has 1 saturated heterocycles. The summed E-state index contributed by atoms with van der Waals surface area (Å²) in [7, 11) is 0. The van der Waals surface area contributed by atoms with Gasteiger partial charge in [0.15, 0.2) is 0 Å². The molecule has 7 nitrogen and oxygen atoms in total. The summed E-state index contributed by atoms with van der Waals surface area (Å²) >= 11 is 0. The summed E-state index contributed by atoms with van der Waals surface area (Å²) in [4.78, 5) is 33.0. The zero-order chi connectivity index (χ0) is 27.2. The Balaban J connectivity index is 1.24. The van der Waals surface area contributed by atoms with Crippen LogP contribution in [0, 0.1) is 6.92 Å². The van der Waals surface area contributed by atoms with Gasteiger partial charge >= 0.3 is 6.03 Å². The minimum Gasteiger partial charge on any atom is -0.494 e. The Bertz CT molecular complexity index is 1470. The minimum absolute atomic E-state index is 0.1000. The number of amides is 3. The molecule has 2 N–H and O–H groups in total. The molecule has 0 unspecified atom stereocenters. The molecule has 0 spiro atoms. The molecule has 2 heterocycles. The largest absolute Gasteiger partial charge is 0.494 e. The Kier molecular flexibility index (Phi) is 8.06. The molecular formula is C32H34N4O3. The summed E-state index contributed by atoms with van der Waals surface area (Å²) < 4.78 is 5.70. The first-order valence-electron chi connectivity index (χ1n) is 13.5. The van der Waals surface area contributed by atoms with E-state index in [1.165, 1.54) is 0 Å². The number of nitrogens with one attached hydrogen (secondary N) is 2. The number of aromatic nitrogens is 1. The van der Waals surface area contributed by atoms with Gasteiger partial charge in [-0.05, 0) is 56.3 Å². The molecule has 0 bridgehead atoms. The molecule has 0 atom stereocenters. The SMILES string of the molecule is CCOc1ccccc1CNC(=O)c1ccc(C)nc1C1CCN(C(=O)Nc2cccc3ccccc23)CC1. The van der Waals surface area contributed by atoms with Gasteiger partial charge in [0, 0.05) is 42.2 Å². The molecule has 0 radical (unpaired) electrons. The molecule has 5 rings (SSSR count). The maximum atomic E-state index is 13.3. The summed E-state index contributed by atoms with van der Waals surface area (Å²) in [5, 5.41) is 8.25. The molecule has 3 amide bonds. The van der Waals surface area contributed by atoms with E-state index in [9.17, 15) is 9.59 Å². The molecule has 0 saturated carbocycles. The lowest BCUT2D eigenvalue weighted by molar-refractivity contribution is 0.0947. The Hall–Kier alpha value is -4.39. The molecule has 0 aliphatic carbocycles. The number of para-hydroxylation sites is 1. The highest BCUT2D eigenvalue weighted by molar-refractivity contribution is 6.01. The molecule has 1 fully saturated rings. The Morgan fingerprint density at radius 3 is 2.51 bits per heavy atom. The standard InChI is InChI=1S/C32H34N4O3/c1-3-39-29-14-7-5-10-25(29)21-33-31(37)27-16-15-22(2)34-30(27)24-17-19-36(20-18-24)32(38)35-28-13-8-11-23-9-4-6-12-26(23)28/h4-16,24H,3,17-21H2,1-2H3,(H,33,37)(H,35,38). The maximum Gasteiger partial charge on any atom is 0.321 e. The molecule has 4 aromatic rings. The van der Waals surface area contributed by atoms with Crippen molar-refractivity contribution >= 4 is 28.4 Å². The number of benzene rings is 3. The minimum atomic E-state index is -0.153. The van der Waals surface area contributed by atoms with Crippen molar-refractivity contribution in [2.75, 3.05) is 25.0 Å². The van der Waals surface area contributed by atoms with Crippen LogP contribution in [0.25, 0.3) is 10.8 Å². The molecule has 1 aliphatic rings.